The second-order valence-electron chi connectivity index (χ2n) is 22.5. The van der Waals surface area contributed by atoms with Crippen LogP contribution in [0.5, 0.6) is 11.5 Å². The van der Waals surface area contributed by atoms with E-state index in [9.17, 15) is 22.0 Å². The van der Waals surface area contributed by atoms with Gasteiger partial charge in [-0.3, -0.25) is 0 Å². The van der Waals surface area contributed by atoms with E-state index in [4.69, 9.17) is 9.47 Å². The van der Waals surface area contributed by atoms with Crippen molar-refractivity contribution in [2.75, 3.05) is 9.80 Å². The molecule has 2 heterocycles. The average Bonchev–Trinajstić information content (AvgIpc) is 1.40. The minimum atomic E-state index is -2.54. The normalized spacial score (nSPS) is 15.0. The summed E-state index contributed by atoms with van der Waals surface area (Å²) in [4.78, 5) is 4.31. The minimum Gasteiger partial charge on any atom is -0.430 e. The Bertz CT molecular complexity index is 5010. The molecule has 1 aliphatic carbocycles. The van der Waals surface area contributed by atoms with E-state index in [1.807, 2.05) is 48.5 Å². The Balaban J connectivity index is 0.948. The van der Waals surface area contributed by atoms with Crippen LogP contribution in [0.15, 0.2) is 321 Å². The quantitative estimate of drug-likeness (QED) is 0.0617. The molecular formula is C79H53F5N3O2P. The zero-order chi connectivity index (χ0) is 61.0. The van der Waals surface area contributed by atoms with Gasteiger partial charge < -0.3 is 23.8 Å². The first-order chi connectivity index (χ1) is 44.1. The maximum atomic E-state index is 14.4. The smallest absolute Gasteiger partial charge is 0.344 e. The molecule has 0 N–H and O–H groups in total. The van der Waals surface area contributed by atoms with Crippen LogP contribution in [0.3, 0.4) is 0 Å². The SMILES string of the molecule is FC(F)=C(F)Oc1ccc(N(c2cccc(-c3cc4c5c(c3)c3cc(-c6cccc(N(c7ccc(O/C(F)=C(/F)P)cc7)c7cccc8ccccc78)c6)ccc3n5C3C=CC=CC3C4(c3ccccc3)c3ccccc3)c2)c2cccc3ccccc23)cc1. The predicted molar refractivity (Wildman–Crippen MR) is 359 cm³/mol. The van der Waals surface area contributed by atoms with Gasteiger partial charge in [0.15, 0.2) is 5.57 Å². The fraction of sp³-hybridized carbons (Fsp3) is 0.0380. The number of nitrogens with zero attached hydrogens (tertiary/aromatic N) is 3. The number of hydrogen-bond acceptors (Lipinski definition) is 4. The van der Waals surface area contributed by atoms with Crippen LogP contribution in [0.1, 0.15) is 22.7 Å². The molecule has 12 aromatic carbocycles. The molecule has 11 heteroatoms. The number of anilines is 6. The van der Waals surface area contributed by atoms with Gasteiger partial charge in [0.25, 0.3) is 0 Å². The lowest BCUT2D eigenvalue weighted by atomic mass is 9.57. The summed E-state index contributed by atoms with van der Waals surface area (Å²) in [7, 11) is 1.69. The zero-order valence-corrected chi connectivity index (χ0v) is 49.2. The summed E-state index contributed by atoms with van der Waals surface area (Å²) in [5.41, 5.74) is 12.8. The van der Waals surface area contributed by atoms with Gasteiger partial charge in [-0.05, 0) is 159 Å². The van der Waals surface area contributed by atoms with Gasteiger partial charge in [-0.1, -0.05) is 197 Å². The van der Waals surface area contributed by atoms with Crippen molar-refractivity contribution in [2.45, 2.75) is 11.5 Å². The standard InChI is InChI=1S/C79H53F5N3O2P/c80-75(81)76(82)88-62-40-36-58(37-41-62)86(71-34-16-20-51-18-8-10-30-65(51)71)61-28-14-22-53(46-61)55-48-67-66-47-54(35-44-72(66)87-73-32-12-11-31-68(73)79(69(49-55)74(67)87,56-23-3-1-4-24-56)57-25-5-2-6-26-57)52-21-13-27-60(45-52)85(70-33-15-19-50-17-7-9-29-64(50)70)59-38-42-63(43-39-59)89-77(83)78(84)90/h1-49,68,73H,90H2/b78-77-. The number of hydrogen-bond donors (Lipinski definition) is 0. The molecule has 15 rings (SSSR count). The molecule has 0 saturated carbocycles. The number of halogens is 5. The van der Waals surface area contributed by atoms with Gasteiger partial charge in [-0.2, -0.15) is 17.6 Å². The van der Waals surface area contributed by atoms with Crippen molar-refractivity contribution in [1.82, 2.24) is 4.57 Å². The van der Waals surface area contributed by atoms with E-state index in [2.05, 4.69) is 227 Å². The van der Waals surface area contributed by atoms with Gasteiger partial charge in [0.2, 0.25) is 0 Å². The van der Waals surface area contributed by atoms with Gasteiger partial charge in [-0.25, -0.2) is 4.39 Å². The van der Waals surface area contributed by atoms with Crippen LogP contribution < -0.4 is 19.3 Å². The van der Waals surface area contributed by atoms with Crippen molar-refractivity contribution in [3.8, 4) is 33.8 Å². The molecule has 436 valence electrons. The molecule has 0 fully saturated rings. The monoisotopic (exact) mass is 1200 g/mol. The van der Waals surface area contributed by atoms with Crippen LogP contribution in [-0.2, 0) is 5.41 Å². The van der Waals surface area contributed by atoms with Crippen LogP contribution in [0.2, 0.25) is 0 Å². The van der Waals surface area contributed by atoms with Crippen molar-refractivity contribution in [3.05, 3.63) is 338 Å². The van der Waals surface area contributed by atoms with E-state index >= 15 is 0 Å². The molecule has 0 bridgehead atoms. The lowest BCUT2D eigenvalue weighted by Crippen LogP contribution is -2.45. The van der Waals surface area contributed by atoms with Gasteiger partial charge >= 0.3 is 18.1 Å². The Labute approximate surface area is 518 Å². The summed E-state index contributed by atoms with van der Waals surface area (Å²) in [6.07, 6.45) is 6.56. The third-order valence-electron chi connectivity index (χ3n) is 17.5. The van der Waals surface area contributed by atoms with E-state index in [0.717, 1.165) is 99.6 Å². The van der Waals surface area contributed by atoms with Gasteiger partial charge in [-0.15, -0.1) is 0 Å². The molecular weight excluding hydrogens is 1150 g/mol. The van der Waals surface area contributed by atoms with Crippen LogP contribution in [0.4, 0.5) is 56.1 Å². The number of ether oxygens (including phenoxy) is 2. The highest BCUT2D eigenvalue weighted by Gasteiger charge is 2.51. The highest BCUT2D eigenvalue weighted by molar-refractivity contribution is 7.22. The lowest BCUT2D eigenvalue weighted by molar-refractivity contribution is 0.241. The minimum absolute atomic E-state index is 0.0706. The molecule has 0 amide bonds. The molecule has 1 aromatic heterocycles. The average molecular weight is 1200 g/mol. The lowest BCUT2D eigenvalue weighted by Gasteiger charge is -2.49. The number of benzene rings is 12. The molecule has 90 heavy (non-hydrogen) atoms. The summed E-state index contributed by atoms with van der Waals surface area (Å²) in [6.45, 7) is 0. The fourth-order valence-corrected chi connectivity index (χ4v) is 13.8. The molecule has 1 aliphatic heterocycles. The van der Waals surface area contributed by atoms with Gasteiger partial charge in [0.05, 0.1) is 28.3 Å². The first-order valence-corrected chi connectivity index (χ1v) is 30.1. The molecule has 13 aromatic rings. The van der Waals surface area contributed by atoms with Gasteiger partial charge in [0.1, 0.15) is 11.5 Å². The summed E-state index contributed by atoms with van der Waals surface area (Å²) >= 11 is 0. The molecule has 3 unspecified atom stereocenters. The van der Waals surface area contributed by atoms with Crippen LogP contribution in [0, 0.1) is 5.92 Å². The Morgan fingerprint density at radius 3 is 1.43 bits per heavy atom. The Morgan fingerprint density at radius 1 is 0.400 bits per heavy atom. The Kier molecular flexibility index (Phi) is 14.3. The summed E-state index contributed by atoms with van der Waals surface area (Å²) in [5.74, 6) is 0.00936. The van der Waals surface area contributed by atoms with E-state index in [1.165, 1.54) is 23.3 Å². The predicted octanol–water partition coefficient (Wildman–Crippen LogP) is 22.7. The molecule has 0 saturated heterocycles. The topological polar surface area (TPSA) is 29.9 Å². The third kappa shape index (κ3) is 9.68. The first kappa shape index (κ1) is 55.8. The highest BCUT2D eigenvalue weighted by atomic mass is 31.0. The first-order valence-electron chi connectivity index (χ1n) is 29.5. The van der Waals surface area contributed by atoms with Crippen molar-refractivity contribution in [3.63, 3.8) is 0 Å². The third-order valence-corrected chi connectivity index (χ3v) is 17.7. The zero-order valence-electron chi connectivity index (χ0n) is 48.1. The van der Waals surface area contributed by atoms with Gasteiger partial charge in [0, 0.05) is 55.7 Å². The number of rotatable bonds is 14. The second-order valence-corrected chi connectivity index (χ2v) is 23.0. The Morgan fingerprint density at radius 2 is 0.878 bits per heavy atom. The number of fused-ring (bicyclic) bond motifs is 7. The maximum Gasteiger partial charge on any atom is 0.344 e. The largest absolute Gasteiger partial charge is 0.430 e. The highest BCUT2D eigenvalue weighted by Crippen LogP contribution is 2.59. The number of aromatic nitrogens is 1. The second kappa shape index (κ2) is 23.0. The molecule has 0 radical (unpaired) electrons. The fourth-order valence-electron chi connectivity index (χ4n) is 13.8. The van der Waals surface area contributed by atoms with Crippen LogP contribution in [-0.4, -0.2) is 4.57 Å². The van der Waals surface area contributed by atoms with Crippen LogP contribution >= 0.6 is 9.24 Å². The van der Waals surface area contributed by atoms with Crippen LogP contribution in [0.25, 0.3) is 65.6 Å². The van der Waals surface area contributed by atoms with E-state index < -0.39 is 29.1 Å². The molecule has 0 spiro atoms. The van der Waals surface area contributed by atoms with E-state index in [1.54, 1.807) is 33.5 Å². The van der Waals surface area contributed by atoms with Crippen molar-refractivity contribution >= 4 is 86.7 Å². The molecule has 2 aliphatic rings. The maximum absolute atomic E-state index is 14.4. The van der Waals surface area contributed by atoms with E-state index in [-0.39, 0.29) is 23.5 Å². The number of allylic oxidation sites excluding steroid dienone is 4. The van der Waals surface area contributed by atoms with Crippen molar-refractivity contribution in [2.24, 2.45) is 5.92 Å². The Hall–Kier alpha value is -10.8. The van der Waals surface area contributed by atoms with E-state index in [0.29, 0.717) is 5.69 Å². The summed E-state index contributed by atoms with van der Waals surface area (Å²) in [6, 6.07) is 89.1. The summed E-state index contributed by atoms with van der Waals surface area (Å²) < 4.78 is 81.5. The van der Waals surface area contributed by atoms with Crippen molar-refractivity contribution in [1.29, 1.82) is 0 Å². The van der Waals surface area contributed by atoms with Crippen molar-refractivity contribution < 1.29 is 31.4 Å². The summed E-state index contributed by atoms with van der Waals surface area (Å²) in [5, 5.41) is 6.26. The molecule has 5 nitrogen and oxygen atoms in total. The molecule has 3 atom stereocenters.